The fraction of sp³-hybridized carbons (Fsp3) is 0.296. The number of para-hydroxylation sites is 1. The number of ketones is 1. The van der Waals surface area contributed by atoms with E-state index in [0.29, 0.717) is 23.6 Å². The zero-order valence-electron chi connectivity index (χ0n) is 19.5. The van der Waals surface area contributed by atoms with Gasteiger partial charge >= 0.3 is 5.97 Å². The van der Waals surface area contributed by atoms with Crippen LogP contribution in [0.4, 0.5) is 0 Å². The largest absolute Gasteiger partial charge is 0.465 e. The van der Waals surface area contributed by atoms with Crippen LogP contribution in [0.3, 0.4) is 0 Å². The summed E-state index contributed by atoms with van der Waals surface area (Å²) in [5.41, 5.74) is 4.54. The number of hydrogen-bond donors (Lipinski definition) is 0. The first-order valence-electron chi connectivity index (χ1n) is 11.4. The van der Waals surface area contributed by atoms with Crippen molar-refractivity contribution in [2.45, 2.75) is 39.3 Å². The van der Waals surface area contributed by atoms with Gasteiger partial charge in [0.1, 0.15) is 5.01 Å². The van der Waals surface area contributed by atoms with E-state index in [2.05, 4.69) is 24.8 Å². The summed E-state index contributed by atoms with van der Waals surface area (Å²) in [4.78, 5) is 34.9. The molecule has 0 bridgehead atoms. The van der Waals surface area contributed by atoms with Gasteiger partial charge in [0.2, 0.25) is 0 Å². The molecule has 4 aromatic rings. The van der Waals surface area contributed by atoms with E-state index >= 15 is 0 Å². The normalized spacial score (nSPS) is 13.9. The molecular weight excluding hydrogens is 464 g/mol. The number of Topliss-reactive ketones (excluding diaryl/α,β-unsaturated/α-hetero) is 1. The van der Waals surface area contributed by atoms with E-state index in [4.69, 9.17) is 9.72 Å². The number of hydrogen-bond acceptors (Lipinski definition) is 7. The van der Waals surface area contributed by atoms with Gasteiger partial charge in [-0.15, -0.1) is 22.7 Å². The maximum absolute atomic E-state index is 13.3. The van der Waals surface area contributed by atoms with Crippen LogP contribution in [-0.4, -0.2) is 41.3 Å². The minimum absolute atomic E-state index is 0.0399. The fourth-order valence-electron chi connectivity index (χ4n) is 4.43. The Hall–Kier alpha value is -2.87. The number of thiazole rings is 1. The molecule has 2 aromatic heterocycles. The van der Waals surface area contributed by atoms with E-state index in [1.807, 2.05) is 18.2 Å². The Morgan fingerprint density at radius 1 is 1.06 bits per heavy atom. The molecule has 0 aliphatic carbocycles. The molecule has 3 heterocycles. The zero-order valence-corrected chi connectivity index (χ0v) is 21.1. The third-order valence-corrected chi connectivity index (χ3v) is 8.62. The van der Waals surface area contributed by atoms with Gasteiger partial charge in [-0.1, -0.05) is 24.3 Å². The van der Waals surface area contributed by atoms with Crippen molar-refractivity contribution in [3.8, 4) is 10.6 Å². The van der Waals surface area contributed by atoms with Crippen LogP contribution < -0.4 is 0 Å². The third kappa shape index (κ3) is 4.31. The minimum atomic E-state index is -0.405. The Labute approximate surface area is 207 Å². The predicted molar refractivity (Wildman–Crippen MR) is 138 cm³/mol. The first kappa shape index (κ1) is 22.9. The quantitative estimate of drug-likeness (QED) is 0.245. The van der Waals surface area contributed by atoms with Crippen molar-refractivity contribution in [1.29, 1.82) is 0 Å². The van der Waals surface area contributed by atoms with Crippen molar-refractivity contribution in [2.75, 3.05) is 13.7 Å². The Morgan fingerprint density at radius 3 is 2.50 bits per heavy atom. The summed E-state index contributed by atoms with van der Waals surface area (Å²) in [5, 5.41) is 1.00. The molecule has 5 rings (SSSR count). The second-order valence-corrected chi connectivity index (χ2v) is 11.0. The van der Waals surface area contributed by atoms with Gasteiger partial charge in [-0.25, -0.2) is 9.78 Å². The molecule has 1 aliphatic rings. The first-order valence-corrected chi connectivity index (χ1v) is 13.0. The van der Waals surface area contributed by atoms with Crippen LogP contribution in [0, 0.1) is 0 Å². The van der Waals surface area contributed by atoms with E-state index in [9.17, 15) is 9.59 Å². The van der Waals surface area contributed by atoms with Crippen LogP contribution in [0.2, 0.25) is 0 Å². The summed E-state index contributed by atoms with van der Waals surface area (Å²) >= 11 is 3.45. The number of thiophene rings is 1. The van der Waals surface area contributed by atoms with E-state index in [0.717, 1.165) is 45.2 Å². The number of benzene rings is 2. The maximum Gasteiger partial charge on any atom is 0.337 e. The molecular formula is C27H26N2O3S2. The van der Waals surface area contributed by atoms with Crippen LogP contribution >= 0.6 is 22.7 Å². The number of fused-ring (bicyclic) bond motifs is 2. The Kier molecular flexibility index (Phi) is 6.34. The zero-order chi connectivity index (χ0) is 23.8. The van der Waals surface area contributed by atoms with Crippen molar-refractivity contribution in [2.24, 2.45) is 0 Å². The summed E-state index contributed by atoms with van der Waals surface area (Å²) in [7, 11) is 1.35. The van der Waals surface area contributed by atoms with Crippen LogP contribution in [0.15, 0.2) is 48.5 Å². The molecule has 34 heavy (non-hydrogen) atoms. The lowest BCUT2D eigenvalue weighted by atomic mass is 9.98. The molecule has 0 saturated carbocycles. The van der Waals surface area contributed by atoms with E-state index in [1.165, 1.54) is 17.6 Å². The molecule has 0 saturated heterocycles. The van der Waals surface area contributed by atoms with Gasteiger partial charge in [-0.2, -0.15) is 0 Å². The molecule has 0 atom stereocenters. The number of carbonyl (C=O) groups is 2. The van der Waals surface area contributed by atoms with Gasteiger partial charge in [-0.3, -0.25) is 9.69 Å². The highest BCUT2D eigenvalue weighted by molar-refractivity contribution is 7.22. The number of carbonyl (C=O) groups excluding carboxylic acids is 2. The van der Waals surface area contributed by atoms with Crippen molar-refractivity contribution < 1.29 is 14.3 Å². The molecule has 0 radical (unpaired) electrons. The maximum atomic E-state index is 13.3. The van der Waals surface area contributed by atoms with Crippen LogP contribution in [0.25, 0.3) is 20.8 Å². The molecule has 174 valence electrons. The molecule has 0 amide bonds. The van der Waals surface area contributed by atoms with E-state index < -0.39 is 5.97 Å². The number of aromatic nitrogens is 1. The topological polar surface area (TPSA) is 59.5 Å². The number of esters is 1. The van der Waals surface area contributed by atoms with E-state index in [1.54, 1.807) is 46.9 Å². The molecule has 2 aromatic carbocycles. The summed E-state index contributed by atoms with van der Waals surface area (Å²) < 4.78 is 5.92. The van der Waals surface area contributed by atoms with Gasteiger partial charge in [-0.05, 0) is 50.1 Å². The van der Waals surface area contributed by atoms with Crippen LogP contribution in [0.5, 0.6) is 0 Å². The number of rotatable bonds is 6. The van der Waals surface area contributed by atoms with Crippen molar-refractivity contribution in [1.82, 2.24) is 9.88 Å². The van der Waals surface area contributed by atoms with Gasteiger partial charge in [0.05, 0.1) is 22.9 Å². The van der Waals surface area contributed by atoms with Crippen molar-refractivity contribution in [3.63, 3.8) is 0 Å². The molecule has 0 N–H and O–H groups in total. The fourth-order valence-corrected chi connectivity index (χ4v) is 6.94. The van der Waals surface area contributed by atoms with Crippen molar-refractivity contribution in [3.05, 3.63) is 75.0 Å². The van der Waals surface area contributed by atoms with Crippen molar-refractivity contribution >= 4 is 44.6 Å². The summed E-state index contributed by atoms with van der Waals surface area (Å²) in [6, 6.07) is 15.4. The summed E-state index contributed by atoms with van der Waals surface area (Å²) in [5.74, 6) is -0.365. The average Bonchev–Trinajstić information content (AvgIpc) is 3.43. The minimum Gasteiger partial charge on any atom is -0.465 e. The second kappa shape index (κ2) is 9.41. The molecule has 5 nitrogen and oxygen atoms in total. The Balaban J connectivity index is 1.52. The van der Waals surface area contributed by atoms with Gasteiger partial charge in [0, 0.05) is 46.4 Å². The number of nitrogens with zero attached hydrogens (tertiary/aromatic N) is 2. The first-order chi connectivity index (χ1) is 16.4. The lowest BCUT2D eigenvalue weighted by Crippen LogP contribution is -2.35. The molecule has 0 fully saturated rings. The number of ether oxygens (including phenoxy) is 1. The second-order valence-electron chi connectivity index (χ2n) is 8.77. The lowest BCUT2D eigenvalue weighted by Gasteiger charge is -2.30. The van der Waals surface area contributed by atoms with Gasteiger partial charge in [0.15, 0.2) is 5.78 Å². The Morgan fingerprint density at radius 2 is 1.79 bits per heavy atom. The molecule has 0 spiro atoms. The molecule has 0 unspecified atom stereocenters. The third-order valence-electron chi connectivity index (χ3n) is 6.35. The highest BCUT2D eigenvalue weighted by Gasteiger charge is 2.28. The Bertz CT molecular complexity index is 1340. The van der Waals surface area contributed by atoms with Gasteiger partial charge < -0.3 is 4.74 Å². The highest BCUT2D eigenvalue weighted by Crippen LogP contribution is 2.43. The highest BCUT2D eigenvalue weighted by atomic mass is 32.1. The predicted octanol–water partition coefficient (Wildman–Crippen LogP) is 6.00. The average molecular weight is 491 g/mol. The number of methoxy groups -OCH3 is 1. The van der Waals surface area contributed by atoms with Crippen LogP contribution in [0.1, 0.15) is 49.9 Å². The monoisotopic (exact) mass is 490 g/mol. The van der Waals surface area contributed by atoms with Gasteiger partial charge in [0.25, 0.3) is 0 Å². The van der Waals surface area contributed by atoms with Crippen LogP contribution in [-0.2, 0) is 24.1 Å². The molecule has 7 heteroatoms. The standard InChI is InChI=1S/C27H26N2O3S2/c1-16(2)29-13-12-19-24(15-29)33-23(25(19)26-28-20-6-4-5-7-22(20)34-26)14-21(30)17-8-10-18(11-9-17)27(31)32-3/h4-11,16H,12-15H2,1-3H3. The van der Waals surface area contributed by atoms with E-state index in [-0.39, 0.29) is 5.78 Å². The lowest BCUT2D eigenvalue weighted by molar-refractivity contribution is 0.0600. The molecule has 1 aliphatic heterocycles. The SMILES string of the molecule is COC(=O)c1ccc(C(=O)Cc2sc3c(c2-c2nc4ccccc4s2)CCN(C(C)C)C3)cc1. The summed E-state index contributed by atoms with van der Waals surface area (Å²) in [6.07, 6.45) is 1.29. The summed E-state index contributed by atoms with van der Waals surface area (Å²) in [6.45, 7) is 6.39. The smallest absolute Gasteiger partial charge is 0.337 e.